The van der Waals surface area contributed by atoms with Crippen LogP contribution >= 0.6 is 0 Å². The van der Waals surface area contributed by atoms with Crippen molar-refractivity contribution < 1.29 is 4.42 Å². The molecule has 1 N–H and O–H groups in total. The summed E-state index contributed by atoms with van der Waals surface area (Å²) in [6.07, 6.45) is 0. The van der Waals surface area contributed by atoms with Gasteiger partial charge in [0.2, 0.25) is 0 Å². The van der Waals surface area contributed by atoms with Crippen molar-refractivity contribution in [3.05, 3.63) is 23.7 Å². The van der Waals surface area contributed by atoms with Crippen molar-refractivity contribution in [1.29, 1.82) is 0 Å². The standard InChI is InChI=1S/C15H29N3O/c1-6-16-10-14-8-9-15(19-14)12-18(7-2)13(3)11-17(4)5/h8-9,13,16H,6-7,10-12H2,1-5H3. The predicted octanol–water partition coefficient (Wildman–Crippen LogP) is 2.16. The van der Waals surface area contributed by atoms with Gasteiger partial charge in [0.05, 0.1) is 13.1 Å². The van der Waals surface area contributed by atoms with Gasteiger partial charge in [-0.15, -0.1) is 0 Å². The Morgan fingerprint density at radius 3 is 2.47 bits per heavy atom. The zero-order chi connectivity index (χ0) is 14.3. The smallest absolute Gasteiger partial charge is 0.118 e. The Bertz CT molecular complexity index is 349. The quantitative estimate of drug-likeness (QED) is 0.743. The zero-order valence-electron chi connectivity index (χ0n) is 13.1. The van der Waals surface area contributed by atoms with Crippen LogP contribution in [0.2, 0.25) is 0 Å². The van der Waals surface area contributed by atoms with Gasteiger partial charge < -0.3 is 14.6 Å². The molecule has 0 aliphatic heterocycles. The van der Waals surface area contributed by atoms with Gasteiger partial charge in [0.25, 0.3) is 0 Å². The summed E-state index contributed by atoms with van der Waals surface area (Å²) in [7, 11) is 4.23. The maximum Gasteiger partial charge on any atom is 0.118 e. The van der Waals surface area contributed by atoms with E-state index >= 15 is 0 Å². The molecule has 0 spiro atoms. The molecular formula is C15H29N3O. The van der Waals surface area contributed by atoms with Gasteiger partial charge in [-0.05, 0) is 46.2 Å². The van der Waals surface area contributed by atoms with Gasteiger partial charge in [0.1, 0.15) is 11.5 Å². The van der Waals surface area contributed by atoms with Crippen LogP contribution in [0.1, 0.15) is 32.3 Å². The largest absolute Gasteiger partial charge is 0.463 e. The molecular weight excluding hydrogens is 238 g/mol. The number of nitrogens with one attached hydrogen (secondary N) is 1. The minimum Gasteiger partial charge on any atom is -0.463 e. The first-order valence-electron chi connectivity index (χ1n) is 7.23. The van der Waals surface area contributed by atoms with E-state index in [-0.39, 0.29) is 0 Å². The average Bonchev–Trinajstić information content (AvgIpc) is 2.80. The monoisotopic (exact) mass is 267 g/mol. The first kappa shape index (κ1) is 16.2. The number of nitrogens with zero attached hydrogens (tertiary/aromatic N) is 2. The molecule has 0 aliphatic rings. The van der Waals surface area contributed by atoms with Crippen LogP contribution in [0.3, 0.4) is 0 Å². The van der Waals surface area contributed by atoms with Gasteiger partial charge in [0.15, 0.2) is 0 Å². The molecule has 4 heteroatoms. The summed E-state index contributed by atoms with van der Waals surface area (Å²) in [4.78, 5) is 4.67. The lowest BCUT2D eigenvalue weighted by Crippen LogP contribution is -2.39. The van der Waals surface area contributed by atoms with Gasteiger partial charge in [0, 0.05) is 12.6 Å². The molecule has 19 heavy (non-hydrogen) atoms. The van der Waals surface area contributed by atoms with E-state index in [2.05, 4.69) is 62.1 Å². The van der Waals surface area contributed by atoms with E-state index < -0.39 is 0 Å². The summed E-state index contributed by atoms with van der Waals surface area (Å²) < 4.78 is 5.86. The fourth-order valence-electron chi connectivity index (χ4n) is 2.27. The van der Waals surface area contributed by atoms with Crippen molar-refractivity contribution in [2.45, 2.75) is 39.9 Å². The zero-order valence-corrected chi connectivity index (χ0v) is 13.1. The molecule has 110 valence electrons. The maximum atomic E-state index is 5.86. The number of hydrogen-bond acceptors (Lipinski definition) is 4. The third-order valence-corrected chi connectivity index (χ3v) is 3.28. The molecule has 0 saturated heterocycles. The Morgan fingerprint density at radius 2 is 1.89 bits per heavy atom. The SMILES string of the molecule is CCNCc1ccc(CN(CC)C(C)CN(C)C)o1. The van der Waals surface area contributed by atoms with Crippen LogP contribution in [0.15, 0.2) is 16.5 Å². The summed E-state index contributed by atoms with van der Waals surface area (Å²) in [5, 5.41) is 3.28. The lowest BCUT2D eigenvalue weighted by molar-refractivity contribution is 0.162. The molecule has 0 amide bonds. The van der Waals surface area contributed by atoms with Gasteiger partial charge >= 0.3 is 0 Å². The first-order chi connectivity index (χ1) is 9.06. The minimum atomic E-state index is 0.530. The van der Waals surface area contributed by atoms with Crippen molar-refractivity contribution >= 4 is 0 Å². The lowest BCUT2D eigenvalue weighted by atomic mass is 10.2. The molecule has 0 bridgehead atoms. The van der Waals surface area contributed by atoms with E-state index in [4.69, 9.17) is 4.42 Å². The molecule has 0 aliphatic carbocycles. The Hall–Kier alpha value is -0.840. The Kier molecular flexibility index (Phi) is 7.13. The van der Waals surface area contributed by atoms with Crippen LogP contribution in [0.4, 0.5) is 0 Å². The maximum absolute atomic E-state index is 5.86. The van der Waals surface area contributed by atoms with Crippen LogP contribution in [-0.2, 0) is 13.1 Å². The number of hydrogen-bond donors (Lipinski definition) is 1. The molecule has 0 radical (unpaired) electrons. The third-order valence-electron chi connectivity index (χ3n) is 3.28. The normalized spacial score (nSPS) is 13.4. The fourth-order valence-corrected chi connectivity index (χ4v) is 2.27. The van der Waals surface area contributed by atoms with Crippen molar-refractivity contribution in [2.75, 3.05) is 33.7 Å². The Morgan fingerprint density at radius 1 is 1.21 bits per heavy atom. The highest BCUT2D eigenvalue weighted by molar-refractivity contribution is 5.07. The van der Waals surface area contributed by atoms with E-state index in [1.165, 1.54) is 0 Å². The molecule has 1 aromatic heterocycles. The van der Waals surface area contributed by atoms with E-state index in [1.54, 1.807) is 0 Å². The van der Waals surface area contributed by atoms with Crippen molar-refractivity contribution in [3.63, 3.8) is 0 Å². The second-order valence-corrected chi connectivity index (χ2v) is 5.32. The molecule has 1 aromatic rings. The van der Waals surface area contributed by atoms with E-state index in [0.717, 1.165) is 44.2 Å². The van der Waals surface area contributed by atoms with E-state index in [9.17, 15) is 0 Å². The Balaban J connectivity index is 2.52. The van der Waals surface area contributed by atoms with E-state index in [0.29, 0.717) is 6.04 Å². The van der Waals surface area contributed by atoms with Crippen molar-refractivity contribution in [1.82, 2.24) is 15.1 Å². The molecule has 4 nitrogen and oxygen atoms in total. The predicted molar refractivity (Wildman–Crippen MR) is 80.2 cm³/mol. The summed E-state index contributed by atoms with van der Waals surface area (Å²) in [5.41, 5.74) is 0. The van der Waals surface area contributed by atoms with Crippen LogP contribution in [0, 0.1) is 0 Å². The Labute approximate surface area is 117 Å². The van der Waals surface area contributed by atoms with Gasteiger partial charge in [-0.25, -0.2) is 0 Å². The molecule has 0 saturated carbocycles. The second-order valence-electron chi connectivity index (χ2n) is 5.32. The highest BCUT2D eigenvalue weighted by Gasteiger charge is 2.15. The molecule has 0 fully saturated rings. The van der Waals surface area contributed by atoms with Crippen LogP contribution < -0.4 is 5.32 Å². The summed E-state index contributed by atoms with van der Waals surface area (Å²) in [5.74, 6) is 2.08. The molecule has 0 aromatic carbocycles. The van der Waals surface area contributed by atoms with E-state index in [1.807, 2.05) is 0 Å². The summed E-state index contributed by atoms with van der Waals surface area (Å²) >= 11 is 0. The number of furan rings is 1. The topological polar surface area (TPSA) is 31.6 Å². The minimum absolute atomic E-state index is 0.530. The van der Waals surface area contributed by atoms with Gasteiger partial charge in [-0.3, -0.25) is 4.90 Å². The third kappa shape index (κ3) is 5.76. The highest BCUT2D eigenvalue weighted by atomic mass is 16.3. The summed E-state index contributed by atoms with van der Waals surface area (Å²) in [6, 6.07) is 4.70. The molecule has 1 heterocycles. The van der Waals surface area contributed by atoms with Crippen LogP contribution in [0.5, 0.6) is 0 Å². The second kappa shape index (κ2) is 8.35. The number of likely N-dealkylation sites (N-methyl/N-ethyl adjacent to an activating group) is 2. The molecule has 1 atom stereocenters. The van der Waals surface area contributed by atoms with Crippen LogP contribution in [0.25, 0.3) is 0 Å². The molecule has 1 unspecified atom stereocenters. The first-order valence-corrected chi connectivity index (χ1v) is 7.23. The summed E-state index contributed by atoms with van der Waals surface area (Å²) in [6.45, 7) is 11.4. The fraction of sp³-hybridized carbons (Fsp3) is 0.733. The van der Waals surface area contributed by atoms with Crippen molar-refractivity contribution in [3.8, 4) is 0 Å². The van der Waals surface area contributed by atoms with Crippen LogP contribution in [-0.4, -0.2) is 49.6 Å². The lowest BCUT2D eigenvalue weighted by Gasteiger charge is -2.29. The van der Waals surface area contributed by atoms with Crippen molar-refractivity contribution in [2.24, 2.45) is 0 Å². The molecule has 1 rings (SSSR count). The van der Waals surface area contributed by atoms with Gasteiger partial charge in [-0.1, -0.05) is 13.8 Å². The number of rotatable bonds is 9. The highest BCUT2D eigenvalue weighted by Crippen LogP contribution is 2.12. The average molecular weight is 267 g/mol. The van der Waals surface area contributed by atoms with Gasteiger partial charge in [-0.2, -0.15) is 0 Å².